The number of anilines is 1. The van der Waals surface area contributed by atoms with Gasteiger partial charge in [-0.05, 0) is 24.6 Å². The maximum absolute atomic E-state index is 13.6. The van der Waals surface area contributed by atoms with Crippen LogP contribution >= 0.6 is 0 Å². The second-order valence-corrected chi connectivity index (χ2v) is 3.80. The van der Waals surface area contributed by atoms with Gasteiger partial charge in [-0.2, -0.15) is 0 Å². The molecule has 1 N–H and O–H groups in total. The number of alkyl halides is 1. The van der Waals surface area contributed by atoms with Crippen LogP contribution in [0.4, 0.5) is 14.5 Å². The lowest BCUT2D eigenvalue weighted by molar-refractivity contribution is 0.0696. The molecule has 1 saturated heterocycles. The molecule has 0 aromatic heterocycles. The molecule has 1 atom stereocenters. The number of rotatable bonds is 2. The van der Waals surface area contributed by atoms with E-state index in [1.165, 1.54) is 12.1 Å². The van der Waals surface area contributed by atoms with Crippen molar-refractivity contribution in [3.05, 3.63) is 29.6 Å². The van der Waals surface area contributed by atoms with Crippen molar-refractivity contribution in [1.82, 2.24) is 0 Å². The Kier molecular flexibility index (Phi) is 2.77. The summed E-state index contributed by atoms with van der Waals surface area (Å²) in [6, 6.07) is 3.67. The summed E-state index contributed by atoms with van der Waals surface area (Å²) in [5, 5.41) is 8.67. The molecule has 5 heteroatoms. The molecule has 0 aliphatic carbocycles. The van der Waals surface area contributed by atoms with Crippen LogP contribution in [0.1, 0.15) is 16.8 Å². The molecule has 0 radical (unpaired) electrons. The molecule has 2 rings (SSSR count). The minimum absolute atomic E-state index is 0.0998. The summed E-state index contributed by atoms with van der Waals surface area (Å²) in [6.07, 6.45) is -0.543. The topological polar surface area (TPSA) is 40.5 Å². The standard InChI is InChI=1S/C11H11F2NO2/c12-8-3-4-14(6-8)10-2-1-7(11(15)16)5-9(10)13/h1-2,5,8H,3-4,6H2,(H,15,16)/t8-/m0/s1. The Balaban J connectivity index is 2.26. The first-order chi connectivity index (χ1) is 7.58. The van der Waals surface area contributed by atoms with Gasteiger partial charge < -0.3 is 10.0 Å². The van der Waals surface area contributed by atoms with Crippen LogP contribution < -0.4 is 4.90 Å². The monoisotopic (exact) mass is 227 g/mol. The van der Waals surface area contributed by atoms with Crippen LogP contribution in [0.15, 0.2) is 18.2 Å². The first kappa shape index (κ1) is 10.9. The molecule has 1 heterocycles. The summed E-state index contributed by atoms with van der Waals surface area (Å²) in [5.41, 5.74) is 0.169. The lowest BCUT2D eigenvalue weighted by atomic mass is 10.2. The number of hydrogen-bond donors (Lipinski definition) is 1. The number of carbonyl (C=O) groups is 1. The Hall–Kier alpha value is -1.65. The predicted octanol–water partition coefficient (Wildman–Crippen LogP) is 2.07. The van der Waals surface area contributed by atoms with Gasteiger partial charge in [0.05, 0.1) is 11.3 Å². The third-order valence-corrected chi connectivity index (χ3v) is 2.67. The average molecular weight is 227 g/mol. The van der Waals surface area contributed by atoms with Gasteiger partial charge in [0, 0.05) is 13.1 Å². The van der Waals surface area contributed by atoms with E-state index in [-0.39, 0.29) is 17.8 Å². The predicted molar refractivity (Wildman–Crippen MR) is 55.1 cm³/mol. The van der Waals surface area contributed by atoms with Gasteiger partial charge in [0.1, 0.15) is 12.0 Å². The van der Waals surface area contributed by atoms with Crippen molar-refractivity contribution in [2.45, 2.75) is 12.6 Å². The maximum Gasteiger partial charge on any atom is 0.335 e. The zero-order chi connectivity index (χ0) is 11.7. The van der Waals surface area contributed by atoms with Crippen LogP contribution in [0.25, 0.3) is 0 Å². The quantitative estimate of drug-likeness (QED) is 0.840. The van der Waals surface area contributed by atoms with Crippen LogP contribution in [0.5, 0.6) is 0 Å². The zero-order valence-corrected chi connectivity index (χ0v) is 8.49. The van der Waals surface area contributed by atoms with Crippen LogP contribution in [0, 0.1) is 5.82 Å². The maximum atomic E-state index is 13.6. The number of halogens is 2. The molecule has 1 aliphatic rings. The molecule has 16 heavy (non-hydrogen) atoms. The summed E-state index contributed by atoms with van der Waals surface area (Å²) < 4.78 is 26.5. The summed E-state index contributed by atoms with van der Waals surface area (Å²) in [6.45, 7) is 0.633. The fourth-order valence-corrected chi connectivity index (χ4v) is 1.83. The Morgan fingerprint density at radius 2 is 2.25 bits per heavy atom. The van der Waals surface area contributed by atoms with Crippen molar-refractivity contribution in [2.24, 2.45) is 0 Å². The second kappa shape index (κ2) is 4.08. The second-order valence-electron chi connectivity index (χ2n) is 3.80. The van der Waals surface area contributed by atoms with Gasteiger partial charge >= 0.3 is 5.97 Å². The van der Waals surface area contributed by atoms with Crippen molar-refractivity contribution in [3.8, 4) is 0 Å². The Morgan fingerprint density at radius 1 is 1.50 bits per heavy atom. The van der Waals surface area contributed by atoms with E-state index in [2.05, 4.69) is 0 Å². The Bertz CT molecular complexity index is 422. The van der Waals surface area contributed by atoms with Gasteiger partial charge in [0.15, 0.2) is 0 Å². The minimum Gasteiger partial charge on any atom is -0.478 e. The van der Waals surface area contributed by atoms with Crippen LogP contribution in [0.2, 0.25) is 0 Å². The van der Waals surface area contributed by atoms with E-state index in [0.29, 0.717) is 13.0 Å². The molecule has 0 saturated carbocycles. The first-order valence-electron chi connectivity index (χ1n) is 5.00. The fourth-order valence-electron chi connectivity index (χ4n) is 1.83. The smallest absolute Gasteiger partial charge is 0.335 e. The van der Waals surface area contributed by atoms with Crippen molar-refractivity contribution < 1.29 is 18.7 Å². The van der Waals surface area contributed by atoms with Gasteiger partial charge in [0.25, 0.3) is 0 Å². The number of aromatic carboxylic acids is 1. The zero-order valence-electron chi connectivity index (χ0n) is 8.49. The molecule has 86 valence electrons. The van der Waals surface area contributed by atoms with Gasteiger partial charge in [-0.1, -0.05) is 0 Å². The molecule has 1 aromatic carbocycles. The van der Waals surface area contributed by atoms with Crippen molar-refractivity contribution in [2.75, 3.05) is 18.0 Å². The number of carboxylic acid groups (broad SMARTS) is 1. The first-order valence-corrected chi connectivity index (χ1v) is 5.00. The average Bonchev–Trinajstić information content (AvgIpc) is 2.64. The summed E-state index contributed by atoms with van der Waals surface area (Å²) in [5.74, 6) is -1.79. The highest BCUT2D eigenvalue weighted by Crippen LogP contribution is 2.25. The molecule has 1 fully saturated rings. The van der Waals surface area contributed by atoms with Crippen LogP contribution in [0.3, 0.4) is 0 Å². The SMILES string of the molecule is O=C(O)c1ccc(N2CC[C@H](F)C2)c(F)c1. The molecule has 1 aromatic rings. The highest BCUT2D eigenvalue weighted by Gasteiger charge is 2.24. The van der Waals surface area contributed by atoms with Crippen molar-refractivity contribution >= 4 is 11.7 Å². The van der Waals surface area contributed by atoms with E-state index >= 15 is 0 Å². The number of benzene rings is 1. The third-order valence-electron chi connectivity index (χ3n) is 2.67. The van der Waals surface area contributed by atoms with E-state index in [1.807, 2.05) is 0 Å². The van der Waals surface area contributed by atoms with Gasteiger partial charge in [-0.25, -0.2) is 13.6 Å². The van der Waals surface area contributed by atoms with E-state index in [4.69, 9.17) is 5.11 Å². The Morgan fingerprint density at radius 3 is 2.75 bits per heavy atom. The van der Waals surface area contributed by atoms with Crippen molar-refractivity contribution in [1.29, 1.82) is 0 Å². The summed E-state index contributed by atoms with van der Waals surface area (Å²) in [7, 11) is 0. The van der Waals surface area contributed by atoms with E-state index in [1.54, 1.807) is 4.90 Å². The molecule has 1 aliphatic heterocycles. The number of hydrogen-bond acceptors (Lipinski definition) is 2. The lowest BCUT2D eigenvalue weighted by Gasteiger charge is -2.18. The number of carboxylic acids is 1. The minimum atomic E-state index is -1.17. The lowest BCUT2D eigenvalue weighted by Crippen LogP contribution is -2.21. The van der Waals surface area contributed by atoms with E-state index in [9.17, 15) is 13.6 Å². The van der Waals surface area contributed by atoms with E-state index in [0.717, 1.165) is 6.07 Å². The van der Waals surface area contributed by atoms with Gasteiger partial charge in [-0.15, -0.1) is 0 Å². The van der Waals surface area contributed by atoms with Crippen LogP contribution in [-0.4, -0.2) is 30.3 Å². The molecule has 0 bridgehead atoms. The normalized spacial score (nSPS) is 20.1. The molecule has 3 nitrogen and oxygen atoms in total. The van der Waals surface area contributed by atoms with Gasteiger partial charge in [0.2, 0.25) is 0 Å². The molecule has 0 unspecified atom stereocenters. The summed E-state index contributed by atoms with van der Waals surface area (Å²) in [4.78, 5) is 12.2. The largest absolute Gasteiger partial charge is 0.478 e. The highest BCUT2D eigenvalue weighted by atomic mass is 19.1. The fraction of sp³-hybridized carbons (Fsp3) is 0.364. The molecule has 0 spiro atoms. The van der Waals surface area contributed by atoms with Crippen LogP contribution in [-0.2, 0) is 0 Å². The molecular weight excluding hydrogens is 216 g/mol. The van der Waals surface area contributed by atoms with Crippen molar-refractivity contribution in [3.63, 3.8) is 0 Å². The van der Waals surface area contributed by atoms with Gasteiger partial charge in [-0.3, -0.25) is 0 Å². The highest BCUT2D eigenvalue weighted by molar-refractivity contribution is 5.88. The third kappa shape index (κ3) is 1.98. The summed E-state index contributed by atoms with van der Waals surface area (Å²) >= 11 is 0. The molecular formula is C11H11F2NO2. The van der Waals surface area contributed by atoms with E-state index < -0.39 is 18.0 Å². The Labute approximate surface area is 91.3 Å². The molecule has 0 amide bonds. The number of nitrogens with zero attached hydrogens (tertiary/aromatic N) is 1.